The van der Waals surface area contributed by atoms with Gasteiger partial charge in [0.2, 0.25) is 0 Å². The summed E-state index contributed by atoms with van der Waals surface area (Å²) in [6.07, 6.45) is 2.67. The molecule has 1 unspecified atom stereocenters. The fourth-order valence-electron chi connectivity index (χ4n) is 2.04. The predicted octanol–water partition coefficient (Wildman–Crippen LogP) is 4.84. The van der Waals surface area contributed by atoms with Crippen LogP contribution in [-0.2, 0) is 0 Å². The Bertz CT molecular complexity index is 589. The highest BCUT2D eigenvalue weighted by Crippen LogP contribution is 2.26. The second-order valence-corrected chi connectivity index (χ2v) is 5.47. The molecule has 0 radical (unpaired) electrons. The molecular formula is C16H18BrFN2O. The number of halogens is 2. The lowest BCUT2D eigenvalue weighted by molar-refractivity contribution is 0.473. The van der Waals surface area contributed by atoms with Crippen LogP contribution >= 0.6 is 15.9 Å². The van der Waals surface area contributed by atoms with Crippen LogP contribution < -0.4 is 10.1 Å². The van der Waals surface area contributed by atoms with Crippen LogP contribution in [0.2, 0.25) is 0 Å². The number of hydrogen-bond donors (Lipinski definition) is 1. The smallest absolute Gasteiger partial charge is 0.145 e. The van der Waals surface area contributed by atoms with Gasteiger partial charge in [0.05, 0.1) is 16.4 Å². The summed E-state index contributed by atoms with van der Waals surface area (Å²) in [6, 6.07) is 8.62. The van der Waals surface area contributed by atoms with Crippen LogP contribution in [-0.4, -0.2) is 11.5 Å². The first-order valence-corrected chi connectivity index (χ1v) is 7.75. The third-order valence-corrected chi connectivity index (χ3v) is 3.71. The van der Waals surface area contributed by atoms with E-state index in [-0.39, 0.29) is 11.9 Å². The monoisotopic (exact) mass is 352 g/mol. The van der Waals surface area contributed by atoms with E-state index in [1.807, 2.05) is 12.1 Å². The van der Waals surface area contributed by atoms with Crippen molar-refractivity contribution in [2.75, 3.05) is 6.54 Å². The lowest BCUT2D eigenvalue weighted by Crippen LogP contribution is -2.20. The molecule has 112 valence electrons. The van der Waals surface area contributed by atoms with Crippen molar-refractivity contribution in [3.05, 3.63) is 52.5 Å². The molecule has 0 aliphatic heterocycles. The minimum atomic E-state index is -0.313. The standard InChI is InChI=1S/C16H18BrFN2O/c1-3-15(19-4-2)16-8-6-12(10-20-16)21-11-5-7-14(18)13(17)9-11/h5-10,15,19H,3-4H2,1-2H3. The van der Waals surface area contributed by atoms with Gasteiger partial charge in [0, 0.05) is 6.04 Å². The van der Waals surface area contributed by atoms with Gasteiger partial charge >= 0.3 is 0 Å². The van der Waals surface area contributed by atoms with Crippen molar-refractivity contribution in [1.29, 1.82) is 0 Å². The van der Waals surface area contributed by atoms with Crippen LogP contribution in [0.4, 0.5) is 4.39 Å². The van der Waals surface area contributed by atoms with E-state index < -0.39 is 0 Å². The van der Waals surface area contributed by atoms with E-state index in [0.29, 0.717) is 16.0 Å². The third kappa shape index (κ3) is 4.25. The molecule has 1 atom stereocenters. The Balaban J connectivity index is 2.09. The maximum Gasteiger partial charge on any atom is 0.145 e. The number of pyridine rings is 1. The van der Waals surface area contributed by atoms with Crippen molar-refractivity contribution in [3.63, 3.8) is 0 Å². The van der Waals surface area contributed by atoms with Crippen LogP contribution in [0.3, 0.4) is 0 Å². The summed E-state index contributed by atoms with van der Waals surface area (Å²) in [4.78, 5) is 4.43. The van der Waals surface area contributed by atoms with Crippen molar-refractivity contribution in [2.24, 2.45) is 0 Å². The lowest BCUT2D eigenvalue weighted by Gasteiger charge is -2.15. The van der Waals surface area contributed by atoms with Gasteiger partial charge in [-0.2, -0.15) is 0 Å². The molecule has 1 N–H and O–H groups in total. The van der Waals surface area contributed by atoms with Crippen molar-refractivity contribution in [1.82, 2.24) is 10.3 Å². The summed E-state index contributed by atoms with van der Waals surface area (Å²) in [7, 11) is 0. The number of rotatable bonds is 6. The van der Waals surface area contributed by atoms with Crippen LogP contribution in [0.25, 0.3) is 0 Å². The fraction of sp³-hybridized carbons (Fsp3) is 0.312. The summed E-state index contributed by atoms with van der Waals surface area (Å²) in [6.45, 7) is 5.10. The molecule has 0 saturated carbocycles. The average Bonchev–Trinajstić information content (AvgIpc) is 2.49. The van der Waals surface area contributed by atoms with E-state index >= 15 is 0 Å². The zero-order chi connectivity index (χ0) is 15.2. The fourth-order valence-corrected chi connectivity index (χ4v) is 2.40. The zero-order valence-electron chi connectivity index (χ0n) is 12.1. The van der Waals surface area contributed by atoms with Crippen LogP contribution in [0.5, 0.6) is 11.5 Å². The molecule has 0 amide bonds. The summed E-state index contributed by atoms with van der Waals surface area (Å²) >= 11 is 3.14. The second kappa shape index (κ2) is 7.52. The Hall–Kier alpha value is -1.46. The van der Waals surface area contributed by atoms with Gasteiger partial charge < -0.3 is 10.1 Å². The molecule has 1 aromatic carbocycles. The molecule has 2 aromatic rings. The Morgan fingerprint density at radius 3 is 2.57 bits per heavy atom. The molecule has 0 bridgehead atoms. The molecule has 0 saturated heterocycles. The molecule has 1 aromatic heterocycles. The molecule has 2 rings (SSSR count). The topological polar surface area (TPSA) is 34.1 Å². The number of hydrogen-bond acceptors (Lipinski definition) is 3. The predicted molar refractivity (Wildman–Crippen MR) is 85.1 cm³/mol. The number of nitrogens with zero attached hydrogens (tertiary/aromatic N) is 1. The van der Waals surface area contributed by atoms with Crippen molar-refractivity contribution in [2.45, 2.75) is 26.3 Å². The Kier molecular flexibility index (Phi) is 5.70. The minimum absolute atomic E-state index is 0.254. The van der Waals surface area contributed by atoms with Crippen LogP contribution in [0.1, 0.15) is 32.0 Å². The van der Waals surface area contributed by atoms with Crippen molar-refractivity contribution < 1.29 is 9.13 Å². The van der Waals surface area contributed by atoms with Crippen molar-refractivity contribution in [3.8, 4) is 11.5 Å². The number of aromatic nitrogens is 1. The van der Waals surface area contributed by atoms with Gasteiger partial charge in [-0.1, -0.05) is 13.8 Å². The quantitative estimate of drug-likeness (QED) is 0.807. The van der Waals surface area contributed by atoms with Gasteiger partial charge in [-0.05, 0) is 59.2 Å². The third-order valence-electron chi connectivity index (χ3n) is 3.10. The minimum Gasteiger partial charge on any atom is -0.456 e. The van der Waals surface area contributed by atoms with E-state index in [0.717, 1.165) is 18.7 Å². The molecule has 3 nitrogen and oxygen atoms in total. The normalized spacial score (nSPS) is 12.2. The van der Waals surface area contributed by atoms with E-state index in [4.69, 9.17) is 4.74 Å². The summed E-state index contributed by atoms with van der Waals surface area (Å²) < 4.78 is 19.2. The van der Waals surface area contributed by atoms with Gasteiger partial charge in [0.1, 0.15) is 17.3 Å². The highest BCUT2D eigenvalue weighted by atomic mass is 79.9. The number of benzene rings is 1. The SMILES string of the molecule is CCNC(CC)c1ccc(Oc2ccc(F)c(Br)c2)cn1. The largest absolute Gasteiger partial charge is 0.456 e. The second-order valence-electron chi connectivity index (χ2n) is 4.62. The number of nitrogens with one attached hydrogen (secondary N) is 1. The van der Waals surface area contributed by atoms with Gasteiger partial charge in [-0.3, -0.25) is 4.98 Å². The van der Waals surface area contributed by atoms with Gasteiger partial charge in [0.15, 0.2) is 0 Å². The van der Waals surface area contributed by atoms with E-state index in [1.54, 1.807) is 18.3 Å². The summed E-state index contributed by atoms with van der Waals surface area (Å²) in [5, 5.41) is 3.38. The highest BCUT2D eigenvalue weighted by Gasteiger charge is 2.09. The molecule has 1 heterocycles. The van der Waals surface area contributed by atoms with E-state index in [2.05, 4.69) is 40.1 Å². The zero-order valence-corrected chi connectivity index (χ0v) is 13.7. The van der Waals surface area contributed by atoms with Gasteiger partial charge in [0.25, 0.3) is 0 Å². The summed E-state index contributed by atoms with van der Waals surface area (Å²) in [5.74, 6) is 0.882. The number of ether oxygens (including phenoxy) is 1. The van der Waals surface area contributed by atoms with Gasteiger partial charge in [-0.25, -0.2) is 4.39 Å². The van der Waals surface area contributed by atoms with E-state index in [9.17, 15) is 4.39 Å². The maximum absolute atomic E-state index is 13.2. The Morgan fingerprint density at radius 1 is 1.24 bits per heavy atom. The first kappa shape index (κ1) is 15.9. The first-order chi connectivity index (χ1) is 10.1. The lowest BCUT2D eigenvalue weighted by atomic mass is 10.1. The van der Waals surface area contributed by atoms with Crippen molar-refractivity contribution >= 4 is 15.9 Å². The van der Waals surface area contributed by atoms with Crippen LogP contribution in [0, 0.1) is 5.82 Å². The molecule has 0 aliphatic carbocycles. The Morgan fingerprint density at radius 2 is 2.00 bits per heavy atom. The molecule has 5 heteroatoms. The first-order valence-electron chi connectivity index (χ1n) is 6.96. The summed E-state index contributed by atoms with van der Waals surface area (Å²) in [5.41, 5.74) is 0.993. The molecule has 0 spiro atoms. The average molecular weight is 353 g/mol. The maximum atomic E-state index is 13.2. The highest BCUT2D eigenvalue weighted by molar-refractivity contribution is 9.10. The van der Waals surface area contributed by atoms with Crippen LogP contribution in [0.15, 0.2) is 41.0 Å². The molecule has 0 aliphatic rings. The van der Waals surface area contributed by atoms with Gasteiger partial charge in [-0.15, -0.1) is 0 Å². The van der Waals surface area contributed by atoms with E-state index in [1.165, 1.54) is 6.07 Å². The molecular weight excluding hydrogens is 335 g/mol. The Labute approximate surface area is 132 Å². The molecule has 0 fully saturated rings. The molecule has 21 heavy (non-hydrogen) atoms.